The number of carbonyl (C=O) groups excluding carboxylic acids is 1. The maximum atomic E-state index is 12.3. The Kier molecular flexibility index (Phi) is 3.79. The summed E-state index contributed by atoms with van der Waals surface area (Å²) in [4.78, 5) is 16.4. The summed E-state index contributed by atoms with van der Waals surface area (Å²) < 4.78 is 7.56. The average molecular weight is 273 g/mol. The first-order valence-corrected chi connectivity index (χ1v) is 6.43. The zero-order valence-electron chi connectivity index (χ0n) is 12.2. The highest BCUT2D eigenvalue weighted by molar-refractivity contribution is 6.05. The quantitative estimate of drug-likeness (QED) is 0.935. The number of aryl methyl sites for hydroxylation is 1. The van der Waals surface area contributed by atoms with Crippen LogP contribution in [0.2, 0.25) is 0 Å². The third-order valence-corrected chi connectivity index (χ3v) is 2.59. The first kappa shape index (κ1) is 14.1. The van der Waals surface area contributed by atoms with E-state index in [0.717, 1.165) is 0 Å². The Bertz CT molecular complexity index is 612. The molecule has 0 fully saturated rings. The highest BCUT2D eigenvalue weighted by Gasteiger charge is 2.18. The molecule has 0 aliphatic carbocycles. The number of carbonyl (C=O) groups is 1. The highest BCUT2D eigenvalue weighted by atomic mass is 16.5. The summed E-state index contributed by atoms with van der Waals surface area (Å²) in [5.74, 6) is 0.825. The molecule has 1 amide bonds. The van der Waals surface area contributed by atoms with E-state index in [1.54, 1.807) is 29.1 Å². The van der Waals surface area contributed by atoms with Crippen LogP contribution in [0.15, 0.2) is 36.7 Å². The molecule has 0 aliphatic heterocycles. The van der Waals surface area contributed by atoms with Gasteiger partial charge in [0.05, 0.1) is 5.56 Å². The van der Waals surface area contributed by atoms with Gasteiger partial charge in [0.25, 0.3) is 5.91 Å². The molecule has 0 saturated carbocycles. The van der Waals surface area contributed by atoms with Gasteiger partial charge in [0.2, 0.25) is 5.95 Å². The molecule has 1 aromatic heterocycles. The van der Waals surface area contributed by atoms with Crippen molar-refractivity contribution >= 4 is 11.9 Å². The molecule has 1 heterocycles. The van der Waals surface area contributed by atoms with Gasteiger partial charge in [-0.1, -0.05) is 12.1 Å². The SMILES string of the molecule is Cn1ccnc1NC(=O)c1ccccc1OC(C)(C)C. The third-order valence-electron chi connectivity index (χ3n) is 2.59. The van der Waals surface area contributed by atoms with Crippen molar-refractivity contribution < 1.29 is 9.53 Å². The van der Waals surface area contributed by atoms with Crippen LogP contribution in [0.3, 0.4) is 0 Å². The number of para-hydroxylation sites is 1. The molecule has 0 saturated heterocycles. The highest BCUT2D eigenvalue weighted by Crippen LogP contribution is 2.23. The van der Waals surface area contributed by atoms with Crippen LogP contribution in [0, 0.1) is 0 Å². The zero-order chi connectivity index (χ0) is 14.8. The van der Waals surface area contributed by atoms with Crippen LogP contribution in [0.5, 0.6) is 5.75 Å². The Morgan fingerprint density at radius 3 is 2.60 bits per heavy atom. The molecule has 5 heteroatoms. The molecule has 20 heavy (non-hydrogen) atoms. The molecule has 106 valence electrons. The summed E-state index contributed by atoms with van der Waals surface area (Å²) in [6.45, 7) is 5.83. The number of nitrogens with one attached hydrogen (secondary N) is 1. The van der Waals surface area contributed by atoms with Gasteiger partial charge >= 0.3 is 0 Å². The summed E-state index contributed by atoms with van der Waals surface area (Å²) >= 11 is 0. The number of hydrogen-bond acceptors (Lipinski definition) is 3. The summed E-state index contributed by atoms with van der Waals surface area (Å²) in [7, 11) is 1.82. The van der Waals surface area contributed by atoms with Crippen molar-refractivity contribution in [2.24, 2.45) is 7.05 Å². The summed E-state index contributed by atoms with van der Waals surface area (Å²) in [6.07, 6.45) is 3.40. The lowest BCUT2D eigenvalue weighted by atomic mass is 10.1. The fourth-order valence-electron chi connectivity index (χ4n) is 1.73. The van der Waals surface area contributed by atoms with Crippen molar-refractivity contribution in [3.05, 3.63) is 42.2 Å². The minimum atomic E-state index is -0.362. The van der Waals surface area contributed by atoms with E-state index in [1.807, 2.05) is 40.0 Å². The summed E-state index contributed by atoms with van der Waals surface area (Å²) in [6, 6.07) is 7.18. The van der Waals surface area contributed by atoms with E-state index in [1.165, 1.54) is 0 Å². The fourth-order valence-corrected chi connectivity index (χ4v) is 1.73. The molecule has 0 spiro atoms. The molecule has 2 rings (SSSR count). The zero-order valence-corrected chi connectivity index (χ0v) is 12.2. The van der Waals surface area contributed by atoms with Crippen LogP contribution in [0.4, 0.5) is 5.95 Å². The van der Waals surface area contributed by atoms with Crippen molar-refractivity contribution in [1.82, 2.24) is 9.55 Å². The third kappa shape index (κ3) is 3.38. The first-order chi connectivity index (χ1) is 9.37. The van der Waals surface area contributed by atoms with E-state index >= 15 is 0 Å². The van der Waals surface area contributed by atoms with Gasteiger partial charge in [0.1, 0.15) is 11.4 Å². The van der Waals surface area contributed by atoms with Crippen LogP contribution in [-0.4, -0.2) is 21.1 Å². The molecule has 0 aliphatic rings. The normalized spacial score (nSPS) is 11.2. The summed E-state index contributed by atoms with van der Waals surface area (Å²) in [5.41, 5.74) is 0.130. The smallest absolute Gasteiger partial charge is 0.261 e. The largest absolute Gasteiger partial charge is 0.487 e. The maximum Gasteiger partial charge on any atom is 0.261 e. The number of ether oxygens (including phenoxy) is 1. The standard InChI is InChI=1S/C15H19N3O2/c1-15(2,3)20-12-8-6-5-7-11(12)13(19)17-14-16-9-10-18(14)4/h5-10H,1-4H3,(H,16,17,19). The lowest BCUT2D eigenvalue weighted by Crippen LogP contribution is -2.25. The fraction of sp³-hybridized carbons (Fsp3) is 0.333. The van der Waals surface area contributed by atoms with Gasteiger partial charge < -0.3 is 9.30 Å². The Balaban J connectivity index is 2.24. The van der Waals surface area contributed by atoms with Crippen molar-refractivity contribution in [3.8, 4) is 5.75 Å². The Morgan fingerprint density at radius 2 is 2.00 bits per heavy atom. The van der Waals surface area contributed by atoms with Gasteiger partial charge in [-0.2, -0.15) is 0 Å². The topological polar surface area (TPSA) is 56.2 Å². The van der Waals surface area contributed by atoms with Gasteiger partial charge in [-0.15, -0.1) is 0 Å². The minimum absolute atomic E-state index is 0.237. The average Bonchev–Trinajstić information content (AvgIpc) is 2.73. The van der Waals surface area contributed by atoms with Crippen LogP contribution >= 0.6 is 0 Å². The van der Waals surface area contributed by atoms with Gasteiger partial charge in [0, 0.05) is 19.4 Å². The molecule has 1 aromatic carbocycles. The molecule has 1 N–H and O–H groups in total. The number of anilines is 1. The van der Waals surface area contributed by atoms with Crippen LogP contribution in [0.1, 0.15) is 31.1 Å². The number of hydrogen-bond donors (Lipinski definition) is 1. The van der Waals surface area contributed by atoms with Crippen molar-refractivity contribution in [1.29, 1.82) is 0 Å². The monoisotopic (exact) mass is 273 g/mol. The molecular weight excluding hydrogens is 254 g/mol. The Morgan fingerprint density at radius 1 is 1.30 bits per heavy atom. The van der Waals surface area contributed by atoms with Crippen LogP contribution < -0.4 is 10.1 Å². The second-order valence-corrected chi connectivity index (χ2v) is 5.53. The Hall–Kier alpha value is -2.30. The lowest BCUT2D eigenvalue weighted by molar-refractivity contribution is 0.0998. The molecule has 0 unspecified atom stereocenters. The van der Waals surface area contributed by atoms with E-state index in [0.29, 0.717) is 17.3 Å². The number of rotatable bonds is 3. The second kappa shape index (κ2) is 5.36. The van der Waals surface area contributed by atoms with Gasteiger partial charge in [0.15, 0.2) is 0 Å². The predicted molar refractivity (Wildman–Crippen MR) is 78.0 cm³/mol. The van der Waals surface area contributed by atoms with Crippen LogP contribution in [-0.2, 0) is 7.05 Å². The first-order valence-electron chi connectivity index (χ1n) is 6.43. The van der Waals surface area contributed by atoms with Crippen molar-refractivity contribution in [2.45, 2.75) is 26.4 Å². The predicted octanol–water partition coefficient (Wildman–Crippen LogP) is 2.85. The van der Waals surface area contributed by atoms with E-state index < -0.39 is 0 Å². The van der Waals surface area contributed by atoms with Crippen LogP contribution in [0.25, 0.3) is 0 Å². The maximum absolute atomic E-state index is 12.3. The number of benzene rings is 1. The van der Waals surface area contributed by atoms with Gasteiger partial charge in [-0.05, 0) is 32.9 Å². The number of imidazole rings is 1. The van der Waals surface area contributed by atoms with E-state index in [-0.39, 0.29) is 11.5 Å². The molecule has 0 bridgehead atoms. The molecule has 0 atom stereocenters. The second-order valence-electron chi connectivity index (χ2n) is 5.53. The van der Waals surface area contributed by atoms with E-state index in [2.05, 4.69) is 10.3 Å². The molecule has 0 radical (unpaired) electrons. The lowest BCUT2D eigenvalue weighted by Gasteiger charge is -2.22. The molecule has 5 nitrogen and oxygen atoms in total. The number of nitrogens with zero attached hydrogens (tertiary/aromatic N) is 2. The van der Waals surface area contributed by atoms with E-state index in [4.69, 9.17) is 4.74 Å². The summed E-state index contributed by atoms with van der Waals surface area (Å²) in [5, 5.41) is 2.77. The minimum Gasteiger partial charge on any atom is -0.487 e. The van der Waals surface area contributed by atoms with Gasteiger partial charge in [-0.3, -0.25) is 10.1 Å². The number of amides is 1. The van der Waals surface area contributed by atoms with Gasteiger partial charge in [-0.25, -0.2) is 4.98 Å². The van der Waals surface area contributed by atoms with Crippen molar-refractivity contribution in [2.75, 3.05) is 5.32 Å². The molecule has 2 aromatic rings. The van der Waals surface area contributed by atoms with E-state index in [9.17, 15) is 4.79 Å². The molecular formula is C15H19N3O2. The Labute approximate surface area is 118 Å². The number of aromatic nitrogens is 2. The van der Waals surface area contributed by atoms with Crippen molar-refractivity contribution in [3.63, 3.8) is 0 Å².